The molecule has 1 amide bonds. The van der Waals surface area contributed by atoms with Crippen molar-refractivity contribution in [3.63, 3.8) is 0 Å². The van der Waals surface area contributed by atoms with Crippen LogP contribution in [0.1, 0.15) is 12.5 Å². The van der Waals surface area contributed by atoms with Crippen LogP contribution in [0, 0.1) is 11.3 Å². The van der Waals surface area contributed by atoms with Crippen LogP contribution in [0.4, 0.5) is 4.79 Å². The number of nitrogens with zero attached hydrogens (tertiary/aromatic N) is 5. The molecule has 3 rings (SSSR count). The summed E-state index contributed by atoms with van der Waals surface area (Å²) >= 11 is 0. The van der Waals surface area contributed by atoms with E-state index in [2.05, 4.69) is 15.5 Å². The highest BCUT2D eigenvalue weighted by atomic mass is 16.6. The maximum atomic E-state index is 12.3. The quantitative estimate of drug-likeness (QED) is 0.741. The van der Waals surface area contributed by atoms with Crippen LogP contribution in [0.25, 0.3) is 16.6 Å². The smallest absolute Gasteiger partial charge is 0.426 e. The molecule has 3 aromatic rings. The number of rotatable bonds is 2. The number of nitrogens with one attached hydrogen (secondary N) is 1. The molecular weight excluding hydrogens is 288 g/mol. The van der Waals surface area contributed by atoms with Gasteiger partial charge in [-0.2, -0.15) is 10.4 Å². The van der Waals surface area contributed by atoms with Crippen LogP contribution in [0.5, 0.6) is 0 Å². The van der Waals surface area contributed by atoms with Crippen molar-refractivity contribution in [3.8, 4) is 6.07 Å². The topological polar surface area (TPSA) is 114 Å². The van der Waals surface area contributed by atoms with E-state index in [0.717, 1.165) is 4.68 Å². The molecule has 1 N–H and O–H groups in total. The van der Waals surface area contributed by atoms with E-state index in [1.165, 1.54) is 23.1 Å². The molecule has 0 atom stereocenters. The van der Waals surface area contributed by atoms with Gasteiger partial charge in [-0.15, -0.1) is 0 Å². The molecule has 0 aliphatic carbocycles. The molecule has 0 spiro atoms. The summed E-state index contributed by atoms with van der Waals surface area (Å²) in [6.07, 6.45) is 3.38. The average Bonchev–Trinajstić information content (AvgIpc) is 2.93. The van der Waals surface area contributed by atoms with Crippen molar-refractivity contribution < 1.29 is 9.53 Å². The van der Waals surface area contributed by atoms with Gasteiger partial charge in [0, 0.05) is 12.4 Å². The third-order valence-electron chi connectivity index (χ3n) is 3.00. The maximum absolute atomic E-state index is 12.3. The van der Waals surface area contributed by atoms with Gasteiger partial charge in [0.05, 0.1) is 23.7 Å². The summed E-state index contributed by atoms with van der Waals surface area (Å²) in [5.41, 5.74) is 2.99. The number of carbonyl (C=O) groups is 1. The van der Waals surface area contributed by atoms with Crippen LogP contribution in [-0.4, -0.2) is 32.0 Å². The molecular formula is C13H10N6O3. The second kappa shape index (κ2) is 5.17. The minimum Gasteiger partial charge on any atom is -0.449 e. The Kier molecular flexibility index (Phi) is 3.19. The number of carbonyl (C=O) groups excluding carboxylic acids is 1. The van der Waals surface area contributed by atoms with Gasteiger partial charge in [0.15, 0.2) is 5.65 Å². The summed E-state index contributed by atoms with van der Waals surface area (Å²) in [4.78, 5) is 27.8. The number of nitriles is 1. The summed E-state index contributed by atoms with van der Waals surface area (Å²) < 4.78 is 7.13. The van der Waals surface area contributed by atoms with Gasteiger partial charge in [0.1, 0.15) is 11.6 Å². The van der Waals surface area contributed by atoms with Crippen molar-refractivity contribution >= 4 is 22.6 Å². The molecule has 3 heterocycles. The zero-order valence-electron chi connectivity index (χ0n) is 11.5. The highest BCUT2D eigenvalue weighted by molar-refractivity contribution is 5.81. The fourth-order valence-corrected chi connectivity index (χ4v) is 2.04. The maximum Gasteiger partial charge on any atom is 0.426 e. The number of pyridine rings is 1. The van der Waals surface area contributed by atoms with Crippen molar-refractivity contribution in [2.75, 3.05) is 12.0 Å². The first-order valence-corrected chi connectivity index (χ1v) is 6.37. The largest absolute Gasteiger partial charge is 0.449 e. The van der Waals surface area contributed by atoms with Crippen molar-refractivity contribution in [3.05, 3.63) is 40.6 Å². The first kappa shape index (κ1) is 13.6. The minimum atomic E-state index is -0.733. The lowest BCUT2D eigenvalue weighted by Gasteiger charge is -2.09. The van der Waals surface area contributed by atoms with Gasteiger partial charge >= 0.3 is 6.09 Å². The van der Waals surface area contributed by atoms with E-state index in [1.54, 1.807) is 13.0 Å². The molecule has 22 heavy (non-hydrogen) atoms. The van der Waals surface area contributed by atoms with E-state index in [4.69, 9.17) is 10.00 Å². The minimum absolute atomic E-state index is 0.195. The van der Waals surface area contributed by atoms with Gasteiger partial charge in [-0.1, -0.05) is 0 Å². The molecule has 0 aliphatic heterocycles. The van der Waals surface area contributed by atoms with Crippen molar-refractivity contribution in [1.29, 1.82) is 5.26 Å². The highest BCUT2D eigenvalue weighted by Gasteiger charge is 2.12. The highest BCUT2D eigenvalue weighted by Crippen LogP contribution is 2.13. The van der Waals surface area contributed by atoms with Gasteiger partial charge in [-0.05, 0) is 13.0 Å². The Morgan fingerprint density at radius 2 is 2.32 bits per heavy atom. The fraction of sp³-hybridized carbons (Fsp3) is 0.154. The number of hydrogen-bond acceptors (Lipinski definition) is 6. The molecule has 110 valence electrons. The number of ether oxygens (including phenoxy) is 1. The van der Waals surface area contributed by atoms with E-state index in [0.29, 0.717) is 16.7 Å². The van der Waals surface area contributed by atoms with E-state index in [-0.39, 0.29) is 12.0 Å². The summed E-state index contributed by atoms with van der Waals surface area (Å²) in [5, 5.41) is 13.3. The molecule has 0 bridgehead atoms. The molecule has 0 radical (unpaired) electrons. The van der Waals surface area contributed by atoms with Crippen LogP contribution >= 0.6 is 0 Å². The molecule has 0 saturated carbocycles. The molecule has 0 aromatic carbocycles. The SMILES string of the molecule is CCOC(=O)Nn1ccc2c(cnc3c(C#N)cnn32)c1=O. The van der Waals surface area contributed by atoms with Gasteiger partial charge < -0.3 is 4.74 Å². The van der Waals surface area contributed by atoms with Crippen LogP contribution in [-0.2, 0) is 4.74 Å². The fourth-order valence-electron chi connectivity index (χ4n) is 2.04. The summed E-state index contributed by atoms with van der Waals surface area (Å²) in [7, 11) is 0. The Morgan fingerprint density at radius 1 is 1.50 bits per heavy atom. The molecule has 3 aromatic heterocycles. The number of amides is 1. The van der Waals surface area contributed by atoms with Gasteiger partial charge in [0.25, 0.3) is 5.56 Å². The monoisotopic (exact) mass is 298 g/mol. The van der Waals surface area contributed by atoms with Crippen LogP contribution in [0.3, 0.4) is 0 Å². The number of aromatic nitrogens is 4. The van der Waals surface area contributed by atoms with E-state index in [1.807, 2.05) is 6.07 Å². The average molecular weight is 298 g/mol. The third-order valence-corrected chi connectivity index (χ3v) is 3.00. The lowest BCUT2D eigenvalue weighted by Crippen LogP contribution is -2.33. The Labute approximate surface area is 123 Å². The zero-order valence-corrected chi connectivity index (χ0v) is 11.5. The van der Waals surface area contributed by atoms with Crippen molar-refractivity contribution in [2.45, 2.75) is 6.92 Å². The standard InChI is InChI=1S/C13H10N6O3/c1-2-22-13(21)17-18-4-3-10-9(12(18)20)7-15-11-8(5-14)6-16-19(10)11/h3-4,6-7H,2H2,1H3,(H,17,21). The Morgan fingerprint density at radius 3 is 3.05 bits per heavy atom. The second-order valence-electron chi connectivity index (χ2n) is 4.29. The normalized spacial score (nSPS) is 10.5. The Bertz CT molecular complexity index is 981. The molecule has 0 fully saturated rings. The number of hydrogen-bond donors (Lipinski definition) is 1. The van der Waals surface area contributed by atoms with Crippen LogP contribution < -0.4 is 11.0 Å². The van der Waals surface area contributed by atoms with E-state index in [9.17, 15) is 9.59 Å². The summed E-state index contributed by atoms with van der Waals surface area (Å²) in [5.74, 6) is 0. The van der Waals surface area contributed by atoms with Crippen molar-refractivity contribution in [1.82, 2.24) is 19.3 Å². The van der Waals surface area contributed by atoms with Gasteiger partial charge in [-0.3, -0.25) is 4.79 Å². The van der Waals surface area contributed by atoms with Gasteiger partial charge in [0.2, 0.25) is 0 Å². The van der Waals surface area contributed by atoms with E-state index >= 15 is 0 Å². The summed E-state index contributed by atoms with van der Waals surface area (Å²) in [6, 6.07) is 3.57. The molecule has 0 aliphatic rings. The van der Waals surface area contributed by atoms with E-state index < -0.39 is 11.7 Å². The van der Waals surface area contributed by atoms with Crippen molar-refractivity contribution in [2.24, 2.45) is 0 Å². The zero-order chi connectivity index (χ0) is 15.7. The predicted octanol–water partition coefficient (Wildman–Crippen LogP) is 0.616. The molecule has 9 heteroatoms. The lowest BCUT2D eigenvalue weighted by molar-refractivity contribution is 0.164. The number of fused-ring (bicyclic) bond motifs is 3. The summed E-state index contributed by atoms with van der Waals surface area (Å²) in [6.45, 7) is 1.86. The lowest BCUT2D eigenvalue weighted by atomic mass is 10.3. The Hall–Kier alpha value is -3.41. The molecule has 9 nitrogen and oxygen atoms in total. The van der Waals surface area contributed by atoms with Gasteiger partial charge in [-0.25, -0.2) is 24.4 Å². The third kappa shape index (κ3) is 2.03. The Balaban J connectivity index is 2.16. The van der Waals surface area contributed by atoms with Crippen LogP contribution in [0.2, 0.25) is 0 Å². The first-order chi connectivity index (χ1) is 10.7. The predicted molar refractivity (Wildman–Crippen MR) is 75.9 cm³/mol. The first-order valence-electron chi connectivity index (χ1n) is 6.37. The molecule has 0 unspecified atom stereocenters. The van der Waals surface area contributed by atoms with Crippen LogP contribution in [0.15, 0.2) is 29.5 Å². The molecule has 0 saturated heterocycles. The second-order valence-corrected chi connectivity index (χ2v) is 4.29.